The molecule has 0 atom stereocenters. The minimum Gasteiger partial charge on any atom is -0.383 e. The van der Waals surface area contributed by atoms with Gasteiger partial charge in [-0.3, -0.25) is 4.90 Å². The molecule has 0 aliphatic rings. The third-order valence-corrected chi connectivity index (χ3v) is 3.46. The predicted molar refractivity (Wildman–Crippen MR) is 85.5 cm³/mol. The van der Waals surface area contributed by atoms with Gasteiger partial charge in [0, 0.05) is 11.9 Å². The van der Waals surface area contributed by atoms with Crippen molar-refractivity contribution in [1.29, 1.82) is 0 Å². The van der Waals surface area contributed by atoms with Crippen LogP contribution in [0.4, 0.5) is 10.2 Å². The molecular weight excluding hydrogens is 279 g/mol. The normalized spacial score (nSPS) is 11.2. The summed E-state index contributed by atoms with van der Waals surface area (Å²) in [5, 5.41) is 0.868. The number of nitrogens with zero attached hydrogens (tertiary/aromatic N) is 3. The fourth-order valence-corrected chi connectivity index (χ4v) is 2.42. The molecule has 1 aromatic heterocycles. The van der Waals surface area contributed by atoms with Crippen molar-refractivity contribution in [3.05, 3.63) is 65.7 Å². The van der Waals surface area contributed by atoms with Gasteiger partial charge in [0.1, 0.15) is 17.5 Å². The number of rotatable bonds is 4. The van der Waals surface area contributed by atoms with Crippen LogP contribution in [0.2, 0.25) is 0 Å². The molecule has 0 aliphatic heterocycles. The Labute approximate surface area is 128 Å². The molecule has 22 heavy (non-hydrogen) atoms. The third kappa shape index (κ3) is 3.20. The van der Waals surface area contributed by atoms with Crippen LogP contribution in [0.15, 0.2) is 48.5 Å². The molecule has 0 bridgehead atoms. The van der Waals surface area contributed by atoms with E-state index in [4.69, 9.17) is 5.73 Å². The largest absolute Gasteiger partial charge is 0.383 e. The van der Waals surface area contributed by atoms with Crippen LogP contribution in [-0.2, 0) is 13.1 Å². The number of anilines is 1. The van der Waals surface area contributed by atoms with Crippen molar-refractivity contribution in [1.82, 2.24) is 14.9 Å². The topological polar surface area (TPSA) is 55.0 Å². The zero-order valence-electron chi connectivity index (χ0n) is 12.3. The number of para-hydroxylation sites is 1. The van der Waals surface area contributed by atoms with Crippen LogP contribution >= 0.6 is 0 Å². The first-order chi connectivity index (χ1) is 10.6. The first-order valence-electron chi connectivity index (χ1n) is 7.06. The lowest BCUT2D eigenvalue weighted by Crippen LogP contribution is -2.19. The first kappa shape index (κ1) is 14.4. The second-order valence-electron chi connectivity index (χ2n) is 5.34. The molecule has 2 N–H and O–H groups in total. The molecule has 0 saturated heterocycles. The lowest BCUT2D eigenvalue weighted by atomic mass is 10.2. The second-order valence-corrected chi connectivity index (χ2v) is 5.34. The average molecular weight is 296 g/mol. The Morgan fingerprint density at radius 2 is 1.73 bits per heavy atom. The highest BCUT2D eigenvalue weighted by Crippen LogP contribution is 2.17. The molecular formula is C17H17FN4. The van der Waals surface area contributed by atoms with E-state index in [-0.39, 0.29) is 5.82 Å². The minimum absolute atomic E-state index is 0.225. The molecule has 0 unspecified atom stereocenters. The summed E-state index contributed by atoms with van der Waals surface area (Å²) >= 11 is 0. The van der Waals surface area contributed by atoms with E-state index >= 15 is 0 Å². The molecule has 0 spiro atoms. The Bertz CT molecular complexity index is 786. The van der Waals surface area contributed by atoms with Crippen LogP contribution in [-0.4, -0.2) is 21.9 Å². The summed E-state index contributed by atoms with van der Waals surface area (Å²) in [6, 6.07) is 14.2. The van der Waals surface area contributed by atoms with Crippen molar-refractivity contribution in [3.8, 4) is 0 Å². The van der Waals surface area contributed by atoms with Crippen molar-refractivity contribution in [2.24, 2.45) is 0 Å². The number of benzene rings is 2. The molecule has 2 aromatic carbocycles. The number of fused-ring (bicyclic) bond motifs is 1. The SMILES string of the molecule is CN(Cc1ccc(F)cc1)Cc1nc(N)c2ccccc2n1. The van der Waals surface area contributed by atoms with Crippen molar-refractivity contribution >= 4 is 16.7 Å². The standard InChI is InChI=1S/C17H17FN4/c1-22(10-12-6-8-13(18)9-7-12)11-16-20-15-5-3-2-4-14(15)17(19)21-16/h2-9H,10-11H2,1H3,(H2,19,20,21). The van der Waals surface area contributed by atoms with Crippen LogP contribution in [0.25, 0.3) is 10.9 Å². The van der Waals surface area contributed by atoms with Gasteiger partial charge in [0.15, 0.2) is 0 Å². The number of hydrogen-bond acceptors (Lipinski definition) is 4. The quantitative estimate of drug-likeness (QED) is 0.804. The van der Waals surface area contributed by atoms with E-state index in [0.717, 1.165) is 16.5 Å². The van der Waals surface area contributed by atoms with Crippen LogP contribution in [0.3, 0.4) is 0 Å². The van der Waals surface area contributed by atoms with Gasteiger partial charge < -0.3 is 5.73 Å². The van der Waals surface area contributed by atoms with Crippen molar-refractivity contribution in [2.75, 3.05) is 12.8 Å². The molecule has 5 heteroatoms. The summed E-state index contributed by atoms with van der Waals surface area (Å²) in [7, 11) is 1.97. The molecule has 1 heterocycles. The van der Waals surface area contributed by atoms with E-state index in [0.29, 0.717) is 24.7 Å². The Balaban J connectivity index is 1.76. The maximum atomic E-state index is 12.9. The summed E-state index contributed by atoms with van der Waals surface area (Å²) in [6.07, 6.45) is 0. The Morgan fingerprint density at radius 3 is 2.50 bits per heavy atom. The van der Waals surface area contributed by atoms with Gasteiger partial charge in [-0.25, -0.2) is 14.4 Å². The van der Waals surface area contributed by atoms with Gasteiger partial charge in [0.05, 0.1) is 12.1 Å². The van der Waals surface area contributed by atoms with Gasteiger partial charge in [0.2, 0.25) is 0 Å². The molecule has 0 aliphatic carbocycles. The maximum absolute atomic E-state index is 12.9. The second kappa shape index (κ2) is 6.07. The Hall–Kier alpha value is -2.53. The zero-order valence-corrected chi connectivity index (χ0v) is 12.3. The van der Waals surface area contributed by atoms with E-state index in [1.165, 1.54) is 12.1 Å². The smallest absolute Gasteiger partial charge is 0.145 e. The molecule has 0 saturated carbocycles. The van der Waals surface area contributed by atoms with Gasteiger partial charge in [0.25, 0.3) is 0 Å². The monoisotopic (exact) mass is 296 g/mol. The lowest BCUT2D eigenvalue weighted by molar-refractivity contribution is 0.311. The van der Waals surface area contributed by atoms with Gasteiger partial charge >= 0.3 is 0 Å². The summed E-state index contributed by atoms with van der Waals surface area (Å²) in [5.74, 6) is 0.952. The Kier molecular flexibility index (Phi) is 3.98. The number of hydrogen-bond donors (Lipinski definition) is 1. The number of aromatic nitrogens is 2. The van der Waals surface area contributed by atoms with E-state index in [2.05, 4.69) is 14.9 Å². The summed E-state index contributed by atoms with van der Waals surface area (Å²) in [6.45, 7) is 1.27. The highest BCUT2D eigenvalue weighted by atomic mass is 19.1. The maximum Gasteiger partial charge on any atom is 0.145 e. The summed E-state index contributed by atoms with van der Waals surface area (Å²) in [4.78, 5) is 11.0. The molecule has 0 fully saturated rings. The molecule has 3 rings (SSSR count). The van der Waals surface area contributed by atoms with Gasteiger partial charge in [-0.1, -0.05) is 24.3 Å². The van der Waals surface area contributed by atoms with E-state index in [9.17, 15) is 4.39 Å². The number of nitrogen functional groups attached to an aromatic ring is 1. The highest BCUT2D eigenvalue weighted by molar-refractivity contribution is 5.87. The first-order valence-corrected chi connectivity index (χ1v) is 7.06. The molecule has 0 amide bonds. The summed E-state index contributed by atoms with van der Waals surface area (Å²) in [5.41, 5.74) is 7.88. The van der Waals surface area contributed by atoms with Crippen molar-refractivity contribution < 1.29 is 4.39 Å². The minimum atomic E-state index is -0.225. The van der Waals surface area contributed by atoms with Crippen LogP contribution < -0.4 is 5.73 Å². The van der Waals surface area contributed by atoms with Gasteiger partial charge in [-0.2, -0.15) is 0 Å². The van der Waals surface area contributed by atoms with Crippen LogP contribution in [0.5, 0.6) is 0 Å². The van der Waals surface area contributed by atoms with Crippen LogP contribution in [0.1, 0.15) is 11.4 Å². The highest BCUT2D eigenvalue weighted by Gasteiger charge is 2.08. The molecule has 112 valence electrons. The fourth-order valence-electron chi connectivity index (χ4n) is 2.42. The number of nitrogens with two attached hydrogens (primary N) is 1. The molecule has 0 radical (unpaired) electrons. The zero-order chi connectivity index (χ0) is 15.5. The fraction of sp³-hybridized carbons (Fsp3) is 0.176. The van der Waals surface area contributed by atoms with E-state index < -0.39 is 0 Å². The van der Waals surface area contributed by atoms with Crippen molar-refractivity contribution in [3.63, 3.8) is 0 Å². The third-order valence-electron chi connectivity index (χ3n) is 3.46. The van der Waals surface area contributed by atoms with E-state index in [1.54, 1.807) is 12.1 Å². The van der Waals surface area contributed by atoms with E-state index in [1.807, 2.05) is 31.3 Å². The van der Waals surface area contributed by atoms with Gasteiger partial charge in [-0.15, -0.1) is 0 Å². The predicted octanol–water partition coefficient (Wildman–Crippen LogP) is 2.98. The average Bonchev–Trinajstić information content (AvgIpc) is 2.49. The molecule has 3 aromatic rings. The Morgan fingerprint density at radius 1 is 1.00 bits per heavy atom. The van der Waals surface area contributed by atoms with Gasteiger partial charge in [-0.05, 0) is 36.9 Å². The summed E-state index contributed by atoms with van der Waals surface area (Å²) < 4.78 is 12.9. The van der Waals surface area contributed by atoms with Crippen molar-refractivity contribution in [2.45, 2.75) is 13.1 Å². The number of halogens is 1. The van der Waals surface area contributed by atoms with Crippen LogP contribution in [0, 0.1) is 5.82 Å². The molecule has 4 nitrogen and oxygen atoms in total. The lowest BCUT2D eigenvalue weighted by Gasteiger charge is -2.16.